The van der Waals surface area contributed by atoms with Gasteiger partial charge in [-0.15, -0.1) is 10.2 Å². The molecule has 1 aliphatic carbocycles. The van der Waals surface area contributed by atoms with Gasteiger partial charge in [0, 0.05) is 30.5 Å². The van der Waals surface area contributed by atoms with E-state index in [1.165, 1.54) is 12.8 Å². The van der Waals surface area contributed by atoms with Gasteiger partial charge in [-0.05, 0) is 49.9 Å². The predicted molar refractivity (Wildman–Crippen MR) is 143 cm³/mol. The van der Waals surface area contributed by atoms with Crippen LogP contribution >= 0.6 is 0 Å². The minimum atomic E-state index is -3.68. The molecule has 11 heteroatoms. The number of hydrogen-bond donors (Lipinski definition) is 1. The Kier molecular flexibility index (Phi) is 6.40. The lowest BCUT2D eigenvalue weighted by molar-refractivity contribution is 0.468. The summed E-state index contributed by atoms with van der Waals surface area (Å²) in [6.07, 6.45) is 10.7. The van der Waals surface area contributed by atoms with E-state index in [1.807, 2.05) is 19.2 Å². The minimum Gasteiger partial charge on any atom is -0.342 e. The van der Waals surface area contributed by atoms with Crippen molar-refractivity contribution < 1.29 is 8.42 Å². The zero-order valence-corrected chi connectivity index (χ0v) is 22.3. The van der Waals surface area contributed by atoms with Crippen LogP contribution in [0.25, 0.3) is 17.1 Å². The number of aryl methyl sites for hydroxylation is 1. The first kappa shape index (κ1) is 24.6. The summed E-state index contributed by atoms with van der Waals surface area (Å²) in [6, 6.07) is 10.6. The summed E-state index contributed by atoms with van der Waals surface area (Å²) < 4.78 is 30.5. The number of nitrogens with zero attached hydrogens (tertiary/aromatic N) is 7. The molecule has 1 saturated carbocycles. The minimum absolute atomic E-state index is 0.0689. The number of hydrogen-bond acceptors (Lipinski definition) is 8. The summed E-state index contributed by atoms with van der Waals surface area (Å²) in [5.74, 6) is 3.14. The Hall–Kier alpha value is -3.70. The Balaban J connectivity index is 1.40. The summed E-state index contributed by atoms with van der Waals surface area (Å²) >= 11 is 0. The van der Waals surface area contributed by atoms with Gasteiger partial charge in [0.15, 0.2) is 17.5 Å². The van der Waals surface area contributed by atoms with E-state index in [0.29, 0.717) is 17.4 Å². The molecule has 4 aromatic rings. The standard InChI is InChI=1S/C27H30N8O2S/c1-3-23-27-33-32-18(2)34(27)24-17-29-25(31-26(24)35(23)20-9-7-8-10-20)22-13-14-28-15-19(22)16-30-38(36,37)21-11-5-4-6-12-21/h4-6,11-15,17,20,23,30H,3,7-10,16H2,1-2H3. The molecule has 6 rings (SSSR count). The molecule has 0 spiro atoms. The zero-order valence-electron chi connectivity index (χ0n) is 21.4. The molecule has 1 aliphatic heterocycles. The summed E-state index contributed by atoms with van der Waals surface area (Å²) in [6.45, 7) is 4.19. The first-order chi connectivity index (χ1) is 18.5. The summed E-state index contributed by atoms with van der Waals surface area (Å²) in [5.41, 5.74) is 2.32. The van der Waals surface area contributed by atoms with Crippen LogP contribution in [0.4, 0.5) is 5.82 Å². The van der Waals surface area contributed by atoms with Crippen LogP contribution in [0, 0.1) is 6.92 Å². The average Bonchev–Trinajstić information content (AvgIpc) is 3.62. The Labute approximate surface area is 222 Å². The van der Waals surface area contributed by atoms with Crippen molar-refractivity contribution in [2.24, 2.45) is 0 Å². The number of nitrogens with one attached hydrogen (secondary N) is 1. The fraction of sp³-hybridized carbons (Fsp3) is 0.370. The van der Waals surface area contributed by atoms with Crippen LogP contribution in [-0.4, -0.2) is 44.2 Å². The molecule has 0 amide bonds. The topological polar surface area (TPSA) is 119 Å². The molecule has 196 valence electrons. The van der Waals surface area contributed by atoms with Gasteiger partial charge in [-0.3, -0.25) is 9.55 Å². The number of aromatic nitrogens is 6. The third-order valence-electron chi connectivity index (χ3n) is 7.47. The summed E-state index contributed by atoms with van der Waals surface area (Å²) in [7, 11) is -3.68. The number of fused-ring (bicyclic) bond motifs is 3. The van der Waals surface area contributed by atoms with Crippen LogP contribution < -0.4 is 9.62 Å². The lowest BCUT2D eigenvalue weighted by atomic mass is 10.0. The molecular weight excluding hydrogens is 500 g/mol. The van der Waals surface area contributed by atoms with Gasteiger partial charge in [-0.1, -0.05) is 38.0 Å². The average molecular weight is 531 g/mol. The van der Waals surface area contributed by atoms with E-state index in [4.69, 9.17) is 9.97 Å². The number of sulfonamides is 1. The van der Waals surface area contributed by atoms with Gasteiger partial charge in [0.05, 0.1) is 17.1 Å². The normalized spacial score (nSPS) is 17.4. The molecule has 4 heterocycles. The second kappa shape index (κ2) is 9.88. The second-order valence-corrected chi connectivity index (χ2v) is 11.6. The van der Waals surface area contributed by atoms with Crippen LogP contribution in [-0.2, 0) is 16.6 Å². The van der Waals surface area contributed by atoms with Gasteiger partial charge in [0.2, 0.25) is 10.0 Å². The van der Waals surface area contributed by atoms with E-state index in [-0.39, 0.29) is 17.5 Å². The number of anilines is 1. The van der Waals surface area contributed by atoms with Gasteiger partial charge in [-0.2, -0.15) is 0 Å². The lowest BCUT2D eigenvalue weighted by Crippen LogP contribution is -2.42. The van der Waals surface area contributed by atoms with Crippen LogP contribution in [0.15, 0.2) is 59.9 Å². The third-order valence-corrected chi connectivity index (χ3v) is 8.89. The van der Waals surface area contributed by atoms with Crippen molar-refractivity contribution in [3.8, 4) is 17.1 Å². The first-order valence-electron chi connectivity index (χ1n) is 13.0. The molecule has 0 saturated heterocycles. The van der Waals surface area contributed by atoms with Crippen LogP contribution in [0.3, 0.4) is 0 Å². The van der Waals surface area contributed by atoms with Crippen LogP contribution in [0.2, 0.25) is 0 Å². The molecule has 2 aliphatic rings. The molecule has 1 unspecified atom stereocenters. The maximum Gasteiger partial charge on any atom is 0.240 e. The summed E-state index contributed by atoms with van der Waals surface area (Å²) in [5, 5.41) is 8.92. The van der Waals surface area contributed by atoms with E-state index < -0.39 is 10.0 Å². The van der Waals surface area contributed by atoms with Crippen molar-refractivity contribution in [3.63, 3.8) is 0 Å². The number of rotatable bonds is 7. The lowest BCUT2D eigenvalue weighted by Gasteiger charge is -2.41. The molecule has 10 nitrogen and oxygen atoms in total. The molecule has 1 atom stereocenters. The SMILES string of the molecule is CCC1c2nnc(C)n2-c2cnc(-c3ccncc3CNS(=O)(=O)c3ccccc3)nc2N1C1CCCC1. The highest BCUT2D eigenvalue weighted by atomic mass is 32.2. The smallest absolute Gasteiger partial charge is 0.240 e. The maximum absolute atomic E-state index is 12.8. The van der Waals surface area contributed by atoms with Crippen molar-refractivity contribution in [2.75, 3.05) is 4.90 Å². The fourth-order valence-electron chi connectivity index (χ4n) is 5.64. The van der Waals surface area contributed by atoms with Crippen molar-refractivity contribution in [1.82, 2.24) is 34.4 Å². The highest BCUT2D eigenvalue weighted by molar-refractivity contribution is 7.89. The Morgan fingerprint density at radius 1 is 1.05 bits per heavy atom. The second-order valence-electron chi connectivity index (χ2n) is 9.78. The summed E-state index contributed by atoms with van der Waals surface area (Å²) in [4.78, 5) is 16.8. The van der Waals surface area contributed by atoms with E-state index in [0.717, 1.165) is 48.0 Å². The molecule has 0 radical (unpaired) electrons. The van der Waals surface area contributed by atoms with Gasteiger partial charge >= 0.3 is 0 Å². The largest absolute Gasteiger partial charge is 0.342 e. The van der Waals surface area contributed by atoms with Crippen LogP contribution in [0.1, 0.15) is 62.3 Å². The Bertz CT molecular complexity index is 1570. The van der Waals surface area contributed by atoms with Gasteiger partial charge in [0.1, 0.15) is 11.5 Å². The Morgan fingerprint density at radius 2 is 1.84 bits per heavy atom. The molecule has 1 aromatic carbocycles. The molecule has 3 aromatic heterocycles. The first-order valence-corrected chi connectivity index (χ1v) is 14.5. The van der Waals surface area contributed by atoms with Crippen molar-refractivity contribution in [3.05, 3.63) is 72.2 Å². The van der Waals surface area contributed by atoms with E-state index >= 15 is 0 Å². The van der Waals surface area contributed by atoms with E-state index in [9.17, 15) is 8.42 Å². The fourth-order valence-corrected chi connectivity index (χ4v) is 6.67. The number of benzene rings is 1. The molecule has 38 heavy (non-hydrogen) atoms. The van der Waals surface area contributed by atoms with Crippen molar-refractivity contribution >= 4 is 15.8 Å². The maximum atomic E-state index is 12.8. The van der Waals surface area contributed by atoms with Gasteiger partial charge in [-0.25, -0.2) is 23.1 Å². The van der Waals surface area contributed by atoms with Gasteiger partial charge < -0.3 is 4.90 Å². The monoisotopic (exact) mass is 530 g/mol. The molecule has 0 bridgehead atoms. The third kappa shape index (κ3) is 4.25. The highest BCUT2D eigenvalue weighted by Crippen LogP contribution is 2.43. The van der Waals surface area contributed by atoms with E-state index in [1.54, 1.807) is 42.7 Å². The zero-order chi connectivity index (χ0) is 26.3. The number of pyridine rings is 1. The van der Waals surface area contributed by atoms with Crippen LogP contribution in [0.5, 0.6) is 0 Å². The molecule has 1 fully saturated rings. The molecular formula is C27H30N8O2S. The highest BCUT2D eigenvalue weighted by Gasteiger charge is 2.39. The van der Waals surface area contributed by atoms with E-state index in [2.05, 4.69) is 36.3 Å². The van der Waals surface area contributed by atoms with Crippen molar-refractivity contribution in [1.29, 1.82) is 0 Å². The predicted octanol–water partition coefficient (Wildman–Crippen LogP) is 4.12. The van der Waals surface area contributed by atoms with Crippen molar-refractivity contribution in [2.45, 2.75) is 69.5 Å². The quantitative estimate of drug-likeness (QED) is 0.379. The van der Waals surface area contributed by atoms with Gasteiger partial charge in [0.25, 0.3) is 0 Å². The molecule has 1 N–H and O–H groups in total. The Morgan fingerprint density at radius 3 is 2.61 bits per heavy atom.